The number of nitrogens with zero attached hydrogens (tertiary/aromatic N) is 2. The van der Waals surface area contributed by atoms with Gasteiger partial charge in [-0.3, -0.25) is 0 Å². The van der Waals surface area contributed by atoms with E-state index in [1.807, 2.05) is 12.1 Å². The zero-order chi connectivity index (χ0) is 20.3. The summed E-state index contributed by atoms with van der Waals surface area (Å²) in [5.74, 6) is 3.60. The van der Waals surface area contributed by atoms with E-state index < -0.39 is 5.41 Å². The number of hydrogen-bond acceptors (Lipinski definition) is 7. The van der Waals surface area contributed by atoms with Gasteiger partial charge in [-0.1, -0.05) is 32.0 Å². The smallest absolute Gasteiger partial charge is 0.231 e. The third kappa shape index (κ3) is 2.61. The molecule has 6 rings (SSSR count). The van der Waals surface area contributed by atoms with Crippen LogP contribution in [0.5, 0.6) is 17.2 Å². The van der Waals surface area contributed by atoms with Gasteiger partial charge in [-0.05, 0) is 17.7 Å². The van der Waals surface area contributed by atoms with Crippen LogP contribution in [-0.4, -0.2) is 23.4 Å². The van der Waals surface area contributed by atoms with Crippen molar-refractivity contribution in [1.82, 2.24) is 4.98 Å². The van der Waals surface area contributed by atoms with Crippen LogP contribution in [0, 0.1) is 0 Å². The molecule has 1 atom stereocenters. The van der Waals surface area contributed by atoms with Crippen molar-refractivity contribution in [3.8, 4) is 17.2 Å². The van der Waals surface area contributed by atoms with Gasteiger partial charge in [0.05, 0.1) is 21.4 Å². The lowest BCUT2D eigenvalue weighted by atomic mass is 9.77. The second-order valence-corrected chi connectivity index (χ2v) is 9.80. The maximum Gasteiger partial charge on any atom is 0.231 e. The molecule has 0 saturated carbocycles. The molecule has 3 aliphatic rings. The number of ether oxygens (including phenoxy) is 3. The van der Waals surface area contributed by atoms with E-state index in [1.54, 1.807) is 23.1 Å². The Hall–Kier alpha value is -2.51. The molecule has 0 amide bonds. The SMILES string of the molecule is CC(C)c1nc(CSC2=Nc3ccccc3C23COc2cc4c(cc23)OCO4)cs1. The molecule has 0 bridgehead atoms. The van der Waals surface area contributed by atoms with Crippen molar-refractivity contribution in [3.05, 3.63) is 63.6 Å². The van der Waals surface area contributed by atoms with Crippen LogP contribution in [0.4, 0.5) is 5.69 Å². The molecular formula is C23H20N2O3S2. The summed E-state index contributed by atoms with van der Waals surface area (Å²) in [5.41, 5.74) is 3.99. The molecule has 30 heavy (non-hydrogen) atoms. The highest BCUT2D eigenvalue weighted by Gasteiger charge is 2.52. The van der Waals surface area contributed by atoms with E-state index in [9.17, 15) is 0 Å². The molecule has 0 radical (unpaired) electrons. The summed E-state index contributed by atoms with van der Waals surface area (Å²) < 4.78 is 17.4. The van der Waals surface area contributed by atoms with E-state index in [0.29, 0.717) is 12.5 Å². The molecule has 152 valence electrons. The molecule has 4 heterocycles. The number of hydrogen-bond donors (Lipinski definition) is 0. The minimum Gasteiger partial charge on any atom is -0.491 e. The summed E-state index contributed by atoms with van der Waals surface area (Å²) in [6.07, 6.45) is 0. The van der Waals surface area contributed by atoms with Crippen molar-refractivity contribution in [2.45, 2.75) is 30.9 Å². The molecule has 7 heteroatoms. The van der Waals surface area contributed by atoms with Crippen LogP contribution in [0.1, 0.15) is 41.6 Å². The molecule has 5 nitrogen and oxygen atoms in total. The summed E-state index contributed by atoms with van der Waals surface area (Å²) in [7, 11) is 0. The van der Waals surface area contributed by atoms with Crippen LogP contribution in [0.3, 0.4) is 0 Å². The first-order valence-electron chi connectivity index (χ1n) is 9.98. The standard InChI is InChI=1S/C23H20N2O3S2/c1-13(2)21-24-14(9-29-21)10-30-22-23(15-5-3-4-6-17(15)25-22)11-26-18-8-20-19(7-16(18)23)27-12-28-20/h3-9,13H,10-12H2,1-2H3. The Labute approximate surface area is 183 Å². The largest absolute Gasteiger partial charge is 0.491 e. The Bertz CT molecular complexity index is 1190. The van der Waals surface area contributed by atoms with Gasteiger partial charge in [0.25, 0.3) is 0 Å². The quantitative estimate of drug-likeness (QED) is 0.531. The molecule has 3 aromatic rings. The molecule has 0 saturated heterocycles. The van der Waals surface area contributed by atoms with E-state index in [1.165, 1.54) is 10.6 Å². The second kappa shape index (κ2) is 6.75. The Balaban J connectivity index is 1.40. The lowest BCUT2D eigenvalue weighted by Gasteiger charge is -2.25. The van der Waals surface area contributed by atoms with Crippen molar-refractivity contribution in [1.29, 1.82) is 0 Å². The Morgan fingerprint density at radius 1 is 1.07 bits per heavy atom. The fourth-order valence-corrected chi connectivity index (χ4v) is 6.30. The molecule has 1 aromatic heterocycles. The van der Waals surface area contributed by atoms with E-state index in [0.717, 1.165) is 45.0 Å². The fourth-order valence-electron chi connectivity index (χ4n) is 4.24. The van der Waals surface area contributed by atoms with Crippen LogP contribution in [0.2, 0.25) is 0 Å². The Morgan fingerprint density at radius 2 is 1.90 bits per heavy atom. The molecule has 2 aromatic carbocycles. The third-order valence-corrected chi connectivity index (χ3v) is 8.10. The average Bonchev–Trinajstić information content (AvgIpc) is 3.52. The van der Waals surface area contributed by atoms with Crippen LogP contribution in [0.25, 0.3) is 0 Å². The summed E-state index contributed by atoms with van der Waals surface area (Å²) in [5, 5.41) is 4.40. The minimum absolute atomic E-state index is 0.250. The van der Waals surface area contributed by atoms with Crippen molar-refractivity contribution in [3.63, 3.8) is 0 Å². The normalized spacial score (nSPS) is 20.4. The zero-order valence-corrected chi connectivity index (χ0v) is 18.3. The number of para-hydroxylation sites is 1. The third-order valence-electron chi connectivity index (χ3n) is 5.75. The van der Waals surface area contributed by atoms with Gasteiger partial charge in [-0.2, -0.15) is 0 Å². The van der Waals surface area contributed by atoms with Crippen molar-refractivity contribution in [2.24, 2.45) is 4.99 Å². The average molecular weight is 437 g/mol. The highest BCUT2D eigenvalue weighted by molar-refractivity contribution is 8.13. The molecule has 0 aliphatic carbocycles. The van der Waals surface area contributed by atoms with E-state index >= 15 is 0 Å². The molecule has 0 fully saturated rings. The van der Waals surface area contributed by atoms with Crippen LogP contribution < -0.4 is 14.2 Å². The minimum atomic E-state index is -0.408. The van der Waals surface area contributed by atoms with Crippen molar-refractivity contribution < 1.29 is 14.2 Å². The summed E-state index contributed by atoms with van der Waals surface area (Å²) in [4.78, 5) is 9.84. The number of benzene rings is 2. The Kier molecular flexibility index (Phi) is 4.11. The van der Waals surface area contributed by atoms with E-state index in [4.69, 9.17) is 24.2 Å². The predicted octanol–water partition coefficient (Wildman–Crippen LogP) is 5.65. The highest BCUT2D eigenvalue weighted by atomic mass is 32.2. The van der Waals surface area contributed by atoms with Crippen molar-refractivity contribution in [2.75, 3.05) is 13.4 Å². The van der Waals surface area contributed by atoms with Gasteiger partial charge in [0, 0.05) is 28.7 Å². The first kappa shape index (κ1) is 18.3. The van der Waals surface area contributed by atoms with Gasteiger partial charge in [0.1, 0.15) is 17.8 Å². The zero-order valence-electron chi connectivity index (χ0n) is 16.7. The topological polar surface area (TPSA) is 52.9 Å². The molecule has 0 N–H and O–H groups in total. The van der Waals surface area contributed by atoms with Crippen LogP contribution in [0.15, 0.2) is 46.8 Å². The molecule has 3 aliphatic heterocycles. The van der Waals surface area contributed by atoms with Gasteiger partial charge >= 0.3 is 0 Å². The highest BCUT2D eigenvalue weighted by Crippen LogP contribution is 2.56. The number of fused-ring (bicyclic) bond motifs is 5. The Morgan fingerprint density at radius 3 is 2.73 bits per heavy atom. The first-order valence-corrected chi connectivity index (χ1v) is 11.8. The number of aromatic nitrogens is 1. The van der Waals surface area contributed by atoms with Gasteiger partial charge in [-0.25, -0.2) is 9.98 Å². The first-order chi connectivity index (χ1) is 14.6. The maximum atomic E-state index is 6.19. The second-order valence-electron chi connectivity index (χ2n) is 7.95. The molecular weight excluding hydrogens is 416 g/mol. The predicted molar refractivity (Wildman–Crippen MR) is 120 cm³/mol. The van der Waals surface area contributed by atoms with E-state index in [-0.39, 0.29) is 6.79 Å². The summed E-state index contributed by atoms with van der Waals surface area (Å²) in [6.45, 7) is 5.14. The maximum absolute atomic E-state index is 6.19. The molecule has 1 spiro atoms. The van der Waals surface area contributed by atoms with Crippen molar-refractivity contribution >= 4 is 33.8 Å². The number of aliphatic imine (C=N–C) groups is 1. The van der Waals surface area contributed by atoms with Gasteiger partial charge in [0.15, 0.2) is 11.5 Å². The number of rotatable bonds is 3. The van der Waals surface area contributed by atoms with Gasteiger partial charge < -0.3 is 14.2 Å². The molecule has 1 unspecified atom stereocenters. The number of thioether (sulfide) groups is 1. The van der Waals surface area contributed by atoms with Crippen LogP contribution >= 0.6 is 23.1 Å². The lowest BCUT2D eigenvalue weighted by Crippen LogP contribution is -2.34. The summed E-state index contributed by atoms with van der Waals surface area (Å²) >= 11 is 3.49. The summed E-state index contributed by atoms with van der Waals surface area (Å²) in [6, 6.07) is 12.4. The lowest BCUT2D eigenvalue weighted by molar-refractivity contribution is 0.173. The number of thiazole rings is 1. The van der Waals surface area contributed by atoms with Gasteiger partial charge in [0.2, 0.25) is 6.79 Å². The van der Waals surface area contributed by atoms with E-state index in [2.05, 4.69) is 43.5 Å². The van der Waals surface area contributed by atoms with Crippen LogP contribution in [-0.2, 0) is 11.2 Å². The monoisotopic (exact) mass is 436 g/mol. The van der Waals surface area contributed by atoms with Gasteiger partial charge in [-0.15, -0.1) is 23.1 Å². The fraction of sp³-hybridized carbons (Fsp3) is 0.304.